The molecule has 0 unspecified atom stereocenters. The minimum atomic E-state index is -1.46. The average molecular weight is 214 g/mol. The average Bonchev–Trinajstić information content (AvgIpc) is 2.13. The van der Waals surface area contributed by atoms with Gasteiger partial charge in [0, 0.05) is 6.08 Å². The summed E-state index contributed by atoms with van der Waals surface area (Å²) < 4.78 is 0. The smallest absolute Gasteiger partial charge is 0.339 e. The van der Waals surface area contributed by atoms with Gasteiger partial charge in [-0.3, -0.25) is 0 Å². The third kappa shape index (κ3) is 5.51. The first-order valence-electron chi connectivity index (χ1n) is 4.56. The lowest BCUT2D eigenvalue weighted by Crippen LogP contribution is -2.06. The molecule has 0 amide bonds. The van der Waals surface area contributed by atoms with Crippen molar-refractivity contribution < 1.29 is 24.9 Å². The van der Waals surface area contributed by atoms with Crippen LogP contribution >= 0.6 is 0 Å². The van der Waals surface area contributed by atoms with Crippen molar-refractivity contribution in [2.75, 3.05) is 0 Å². The SMILES string of the molecule is CCCCC=C(O)/C(=C/C(=O)O)C(=O)O. The highest BCUT2D eigenvalue weighted by Crippen LogP contribution is 2.09. The van der Waals surface area contributed by atoms with E-state index >= 15 is 0 Å². The van der Waals surface area contributed by atoms with Crippen LogP contribution in [0, 0.1) is 0 Å². The number of carboxylic acid groups (broad SMARTS) is 2. The Bertz CT molecular complexity index is 301. The fraction of sp³-hybridized carbons (Fsp3) is 0.400. The molecule has 0 fully saturated rings. The topological polar surface area (TPSA) is 94.8 Å². The molecule has 3 N–H and O–H groups in total. The summed E-state index contributed by atoms with van der Waals surface area (Å²) >= 11 is 0. The molecule has 0 rings (SSSR count). The van der Waals surface area contributed by atoms with E-state index in [2.05, 4.69) is 0 Å². The maximum Gasteiger partial charge on any atom is 0.339 e. The summed E-state index contributed by atoms with van der Waals surface area (Å²) in [5.41, 5.74) is -0.599. The van der Waals surface area contributed by atoms with Crippen LogP contribution in [0.3, 0.4) is 0 Å². The molecule has 0 atom stereocenters. The van der Waals surface area contributed by atoms with Crippen LogP contribution in [0.5, 0.6) is 0 Å². The Kier molecular flexibility index (Phi) is 5.85. The molecule has 0 aromatic carbocycles. The quantitative estimate of drug-likeness (QED) is 0.271. The third-order valence-electron chi connectivity index (χ3n) is 1.67. The van der Waals surface area contributed by atoms with E-state index in [1.54, 1.807) is 0 Å². The molecule has 84 valence electrons. The summed E-state index contributed by atoms with van der Waals surface area (Å²) in [5.74, 6) is -3.36. The number of hydrogen-bond donors (Lipinski definition) is 3. The fourth-order valence-electron chi connectivity index (χ4n) is 0.922. The number of allylic oxidation sites excluding steroid dienone is 1. The molecule has 0 radical (unpaired) electrons. The Morgan fingerprint density at radius 3 is 2.20 bits per heavy atom. The van der Waals surface area contributed by atoms with Gasteiger partial charge in [0.25, 0.3) is 0 Å². The number of carboxylic acids is 2. The van der Waals surface area contributed by atoms with E-state index in [-0.39, 0.29) is 0 Å². The van der Waals surface area contributed by atoms with Crippen LogP contribution in [-0.4, -0.2) is 27.3 Å². The van der Waals surface area contributed by atoms with Gasteiger partial charge in [0.15, 0.2) is 0 Å². The molecule has 0 aliphatic carbocycles. The van der Waals surface area contributed by atoms with E-state index in [9.17, 15) is 14.7 Å². The van der Waals surface area contributed by atoms with Crippen molar-refractivity contribution in [3.8, 4) is 0 Å². The van der Waals surface area contributed by atoms with Gasteiger partial charge in [0.1, 0.15) is 11.3 Å². The first-order chi connectivity index (χ1) is 6.99. The standard InChI is InChI=1S/C10H14O5/c1-2-3-4-5-8(11)7(10(14)15)6-9(12)13/h5-6,11H,2-4H2,1H3,(H,12,13)(H,14,15)/b7-6-,8-5?. The normalized spacial score (nSPS) is 12.6. The molecule has 0 spiro atoms. The molecule has 0 bridgehead atoms. The minimum Gasteiger partial charge on any atom is -0.507 e. The van der Waals surface area contributed by atoms with E-state index in [0.717, 1.165) is 12.8 Å². The summed E-state index contributed by atoms with van der Waals surface area (Å²) in [6.07, 6.45) is 4.03. The second kappa shape index (κ2) is 6.64. The maximum absolute atomic E-state index is 10.6. The Balaban J connectivity index is 4.71. The fourth-order valence-corrected chi connectivity index (χ4v) is 0.922. The lowest BCUT2D eigenvalue weighted by molar-refractivity contribution is -0.135. The second-order valence-corrected chi connectivity index (χ2v) is 2.93. The summed E-state index contributed by atoms with van der Waals surface area (Å²) in [4.78, 5) is 20.8. The second-order valence-electron chi connectivity index (χ2n) is 2.93. The van der Waals surface area contributed by atoms with E-state index in [4.69, 9.17) is 10.2 Å². The van der Waals surface area contributed by atoms with Gasteiger partial charge in [-0.15, -0.1) is 0 Å². The zero-order chi connectivity index (χ0) is 11.8. The Labute approximate surface area is 87.4 Å². The lowest BCUT2D eigenvalue weighted by atomic mass is 10.1. The third-order valence-corrected chi connectivity index (χ3v) is 1.67. The molecule has 0 saturated heterocycles. The van der Waals surface area contributed by atoms with Crippen molar-refractivity contribution in [1.29, 1.82) is 0 Å². The Morgan fingerprint density at radius 1 is 1.20 bits per heavy atom. The van der Waals surface area contributed by atoms with Gasteiger partial charge in [0.2, 0.25) is 0 Å². The predicted octanol–water partition coefficient (Wildman–Crippen LogP) is 1.71. The zero-order valence-corrected chi connectivity index (χ0v) is 8.43. The number of aliphatic carboxylic acids is 2. The Morgan fingerprint density at radius 2 is 1.80 bits per heavy atom. The van der Waals surface area contributed by atoms with Crippen molar-refractivity contribution in [2.24, 2.45) is 0 Å². The van der Waals surface area contributed by atoms with Crippen LogP contribution in [0.1, 0.15) is 26.2 Å². The largest absolute Gasteiger partial charge is 0.507 e. The molecule has 5 heteroatoms. The van der Waals surface area contributed by atoms with Crippen LogP contribution < -0.4 is 0 Å². The monoisotopic (exact) mass is 214 g/mol. The number of carbonyl (C=O) groups is 2. The van der Waals surface area contributed by atoms with Crippen molar-refractivity contribution in [3.05, 3.63) is 23.5 Å². The summed E-state index contributed by atoms with van der Waals surface area (Å²) in [6, 6.07) is 0. The molecular formula is C10H14O5. The highest BCUT2D eigenvalue weighted by molar-refractivity contribution is 5.97. The molecule has 0 aromatic rings. The molecule has 15 heavy (non-hydrogen) atoms. The summed E-state index contributed by atoms with van der Waals surface area (Å²) in [6.45, 7) is 1.95. The molecule has 0 aliphatic rings. The van der Waals surface area contributed by atoms with E-state index in [0.29, 0.717) is 12.5 Å². The first-order valence-corrected chi connectivity index (χ1v) is 4.56. The van der Waals surface area contributed by atoms with Gasteiger partial charge >= 0.3 is 11.9 Å². The molecule has 0 saturated carbocycles. The van der Waals surface area contributed by atoms with Crippen LogP contribution in [0.4, 0.5) is 0 Å². The number of aliphatic hydroxyl groups excluding tert-OH is 1. The summed E-state index contributed by atoms with van der Waals surface area (Å²) in [7, 11) is 0. The number of unbranched alkanes of at least 4 members (excludes halogenated alkanes) is 2. The maximum atomic E-state index is 10.6. The van der Waals surface area contributed by atoms with Crippen molar-refractivity contribution >= 4 is 11.9 Å². The van der Waals surface area contributed by atoms with Crippen LogP contribution in [0.2, 0.25) is 0 Å². The first kappa shape index (κ1) is 13.2. The lowest BCUT2D eigenvalue weighted by Gasteiger charge is -2.00. The number of rotatable bonds is 6. The van der Waals surface area contributed by atoms with Gasteiger partial charge in [0.05, 0.1) is 0 Å². The van der Waals surface area contributed by atoms with Gasteiger partial charge in [-0.1, -0.05) is 13.3 Å². The van der Waals surface area contributed by atoms with Gasteiger partial charge in [-0.05, 0) is 18.9 Å². The molecule has 5 nitrogen and oxygen atoms in total. The minimum absolute atomic E-state index is 0.472. The van der Waals surface area contributed by atoms with E-state index in [1.165, 1.54) is 6.08 Å². The summed E-state index contributed by atoms with van der Waals surface area (Å²) in [5, 5.41) is 26.3. The van der Waals surface area contributed by atoms with Crippen LogP contribution in [0.25, 0.3) is 0 Å². The van der Waals surface area contributed by atoms with E-state index in [1.807, 2.05) is 6.92 Å². The van der Waals surface area contributed by atoms with Crippen molar-refractivity contribution in [3.63, 3.8) is 0 Å². The van der Waals surface area contributed by atoms with Gasteiger partial charge < -0.3 is 15.3 Å². The van der Waals surface area contributed by atoms with Crippen LogP contribution in [-0.2, 0) is 9.59 Å². The molecule has 0 aromatic heterocycles. The van der Waals surface area contributed by atoms with Gasteiger partial charge in [-0.2, -0.15) is 0 Å². The van der Waals surface area contributed by atoms with Crippen molar-refractivity contribution in [1.82, 2.24) is 0 Å². The highest BCUT2D eigenvalue weighted by Gasteiger charge is 2.13. The van der Waals surface area contributed by atoms with Crippen LogP contribution in [0.15, 0.2) is 23.5 Å². The number of aliphatic hydroxyl groups is 1. The molecule has 0 heterocycles. The number of hydrogen-bond acceptors (Lipinski definition) is 3. The molecular weight excluding hydrogens is 200 g/mol. The predicted molar refractivity (Wildman–Crippen MR) is 53.6 cm³/mol. The van der Waals surface area contributed by atoms with E-state index < -0.39 is 23.3 Å². The highest BCUT2D eigenvalue weighted by atomic mass is 16.4. The van der Waals surface area contributed by atoms with Crippen molar-refractivity contribution in [2.45, 2.75) is 26.2 Å². The van der Waals surface area contributed by atoms with Gasteiger partial charge in [-0.25, -0.2) is 9.59 Å². The Hall–Kier alpha value is -1.78. The molecule has 0 aliphatic heterocycles. The zero-order valence-electron chi connectivity index (χ0n) is 8.43.